The molecule has 0 spiro atoms. The Morgan fingerprint density at radius 3 is 3.12 bits per heavy atom. The van der Waals surface area contributed by atoms with Gasteiger partial charge in [0.25, 0.3) is 0 Å². The van der Waals surface area contributed by atoms with Gasteiger partial charge in [-0.3, -0.25) is 4.79 Å². The van der Waals surface area contributed by atoms with Gasteiger partial charge in [0, 0.05) is 27.7 Å². The van der Waals surface area contributed by atoms with Crippen LogP contribution in [-0.2, 0) is 6.54 Å². The summed E-state index contributed by atoms with van der Waals surface area (Å²) in [7, 11) is 0. The fourth-order valence-corrected chi connectivity index (χ4v) is 1.95. The van der Waals surface area contributed by atoms with Gasteiger partial charge >= 0.3 is 0 Å². The summed E-state index contributed by atoms with van der Waals surface area (Å²) in [6, 6.07) is 5.39. The van der Waals surface area contributed by atoms with Gasteiger partial charge in [-0.2, -0.15) is 5.10 Å². The predicted octanol–water partition coefficient (Wildman–Crippen LogP) is 0.704. The topological polar surface area (TPSA) is 83.3 Å². The first kappa shape index (κ1) is 8.96. The third kappa shape index (κ3) is 1.18. The van der Waals surface area contributed by atoms with Crippen LogP contribution in [0.3, 0.4) is 0 Å². The van der Waals surface area contributed by atoms with Crippen molar-refractivity contribution in [2.24, 2.45) is 10.8 Å². The van der Waals surface area contributed by atoms with Crippen LogP contribution in [0.1, 0.15) is 21.6 Å². The van der Waals surface area contributed by atoms with Crippen molar-refractivity contribution in [2.45, 2.75) is 6.54 Å². The minimum atomic E-state index is -0.415. The van der Waals surface area contributed by atoms with Gasteiger partial charge in [-0.05, 0) is 12.1 Å². The largest absolute Gasteiger partial charge is 0.366 e. The second-order valence-electron chi connectivity index (χ2n) is 3.73. The normalized spacial score (nSPS) is 13.5. The summed E-state index contributed by atoms with van der Waals surface area (Å²) in [6.07, 6.45) is 1.78. The van der Waals surface area contributed by atoms with Crippen molar-refractivity contribution in [1.82, 2.24) is 10.4 Å². The Morgan fingerprint density at radius 1 is 1.44 bits per heavy atom. The molecule has 0 radical (unpaired) electrons. The molecule has 0 bridgehead atoms. The first-order valence-corrected chi connectivity index (χ1v) is 4.96. The number of H-pyrrole nitrogens is 1. The number of fused-ring (bicyclic) bond motifs is 3. The number of carbonyl (C=O) groups excluding carboxylic acids is 1. The number of hydrogen-bond donors (Lipinski definition) is 3. The Bertz CT molecular complexity index is 612. The lowest BCUT2D eigenvalue weighted by molar-refractivity contribution is 0.100. The third-order valence-corrected chi connectivity index (χ3v) is 2.75. The van der Waals surface area contributed by atoms with Gasteiger partial charge in [0.2, 0.25) is 5.91 Å². The van der Waals surface area contributed by atoms with Gasteiger partial charge in [-0.15, -0.1) is 0 Å². The molecular weight excluding hydrogens is 204 g/mol. The van der Waals surface area contributed by atoms with Crippen molar-refractivity contribution >= 4 is 23.0 Å². The molecule has 2 aromatic rings. The highest BCUT2D eigenvalue weighted by atomic mass is 16.1. The Kier molecular flexibility index (Phi) is 1.73. The maximum absolute atomic E-state index is 11.1. The summed E-state index contributed by atoms with van der Waals surface area (Å²) < 4.78 is 0. The average Bonchev–Trinajstić information content (AvgIpc) is 2.66. The molecule has 0 saturated heterocycles. The molecule has 0 fully saturated rings. The minimum Gasteiger partial charge on any atom is -0.366 e. The SMILES string of the molecule is NC(=O)c1ccc2c3c([nH]c2c1)CNN=C3. The molecule has 0 aliphatic carbocycles. The van der Waals surface area contributed by atoms with Crippen molar-refractivity contribution < 1.29 is 4.79 Å². The van der Waals surface area contributed by atoms with Crippen molar-refractivity contribution in [3.63, 3.8) is 0 Å². The van der Waals surface area contributed by atoms with E-state index < -0.39 is 5.91 Å². The van der Waals surface area contributed by atoms with E-state index in [0.717, 1.165) is 22.2 Å². The summed E-state index contributed by atoms with van der Waals surface area (Å²) in [4.78, 5) is 14.3. The van der Waals surface area contributed by atoms with E-state index in [9.17, 15) is 4.79 Å². The van der Waals surface area contributed by atoms with Crippen molar-refractivity contribution in [2.75, 3.05) is 0 Å². The number of carbonyl (C=O) groups is 1. The number of aromatic amines is 1. The van der Waals surface area contributed by atoms with Gasteiger partial charge < -0.3 is 16.1 Å². The van der Waals surface area contributed by atoms with Crippen LogP contribution >= 0.6 is 0 Å². The van der Waals surface area contributed by atoms with Crippen molar-refractivity contribution in [1.29, 1.82) is 0 Å². The quantitative estimate of drug-likeness (QED) is 0.653. The molecule has 1 amide bonds. The molecule has 5 heteroatoms. The van der Waals surface area contributed by atoms with E-state index in [1.165, 1.54) is 0 Å². The van der Waals surface area contributed by atoms with Crippen LogP contribution in [0, 0.1) is 0 Å². The monoisotopic (exact) mass is 214 g/mol. The first-order chi connectivity index (χ1) is 7.75. The van der Waals surface area contributed by atoms with E-state index in [2.05, 4.69) is 15.5 Å². The maximum Gasteiger partial charge on any atom is 0.248 e. The molecule has 4 N–H and O–H groups in total. The van der Waals surface area contributed by atoms with E-state index in [1.807, 2.05) is 6.07 Å². The molecule has 5 nitrogen and oxygen atoms in total. The molecule has 1 aromatic heterocycles. The summed E-state index contributed by atoms with van der Waals surface area (Å²) >= 11 is 0. The highest BCUT2D eigenvalue weighted by Gasteiger charge is 2.13. The second kappa shape index (κ2) is 3.10. The highest BCUT2D eigenvalue weighted by molar-refractivity contribution is 6.04. The summed E-state index contributed by atoms with van der Waals surface area (Å²) in [5.41, 5.74) is 11.7. The zero-order valence-corrected chi connectivity index (χ0v) is 8.45. The number of rotatable bonds is 1. The van der Waals surface area contributed by atoms with E-state index >= 15 is 0 Å². The van der Waals surface area contributed by atoms with Crippen LogP contribution in [0.25, 0.3) is 10.9 Å². The molecule has 0 atom stereocenters. The molecule has 1 aliphatic heterocycles. The molecule has 1 aliphatic rings. The number of aromatic nitrogens is 1. The number of nitrogens with one attached hydrogen (secondary N) is 2. The fraction of sp³-hybridized carbons (Fsp3) is 0.0909. The summed E-state index contributed by atoms with van der Waals surface area (Å²) in [5, 5.41) is 5.07. The molecule has 16 heavy (non-hydrogen) atoms. The van der Waals surface area contributed by atoms with Crippen LogP contribution in [-0.4, -0.2) is 17.1 Å². The minimum absolute atomic E-state index is 0.415. The van der Waals surface area contributed by atoms with E-state index in [1.54, 1.807) is 18.3 Å². The van der Waals surface area contributed by atoms with Crippen LogP contribution in [0.15, 0.2) is 23.3 Å². The van der Waals surface area contributed by atoms with Crippen LogP contribution in [0.5, 0.6) is 0 Å². The third-order valence-electron chi connectivity index (χ3n) is 2.75. The Balaban J connectivity index is 2.27. The molecule has 0 saturated carbocycles. The zero-order chi connectivity index (χ0) is 11.1. The molecule has 0 unspecified atom stereocenters. The second-order valence-corrected chi connectivity index (χ2v) is 3.73. The Hall–Kier alpha value is -2.30. The maximum atomic E-state index is 11.1. The fourth-order valence-electron chi connectivity index (χ4n) is 1.95. The number of nitrogens with two attached hydrogens (primary N) is 1. The van der Waals surface area contributed by atoms with E-state index in [4.69, 9.17) is 5.73 Å². The number of benzene rings is 1. The van der Waals surface area contributed by atoms with Gasteiger partial charge in [0.15, 0.2) is 0 Å². The van der Waals surface area contributed by atoms with Gasteiger partial charge in [-0.25, -0.2) is 0 Å². The number of primary amides is 1. The van der Waals surface area contributed by atoms with Gasteiger partial charge in [0.05, 0.1) is 12.8 Å². The average molecular weight is 214 g/mol. The lowest BCUT2D eigenvalue weighted by atomic mass is 10.1. The lowest BCUT2D eigenvalue weighted by Gasteiger charge is -2.05. The zero-order valence-electron chi connectivity index (χ0n) is 8.45. The van der Waals surface area contributed by atoms with E-state index in [-0.39, 0.29) is 0 Å². The first-order valence-electron chi connectivity index (χ1n) is 4.96. The Labute approximate surface area is 91.3 Å². The predicted molar refractivity (Wildman–Crippen MR) is 61.3 cm³/mol. The number of amides is 1. The Morgan fingerprint density at radius 2 is 2.31 bits per heavy atom. The summed E-state index contributed by atoms with van der Waals surface area (Å²) in [5.74, 6) is -0.415. The van der Waals surface area contributed by atoms with E-state index in [0.29, 0.717) is 12.1 Å². The molecule has 2 heterocycles. The van der Waals surface area contributed by atoms with Crippen molar-refractivity contribution in [3.8, 4) is 0 Å². The van der Waals surface area contributed by atoms with Gasteiger partial charge in [-0.1, -0.05) is 6.07 Å². The highest BCUT2D eigenvalue weighted by Crippen LogP contribution is 2.23. The molecular formula is C11H10N4O. The van der Waals surface area contributed by atoms with Crippen LogP contribution < -0.4 is 11.2 Å². The van der Waals surface area contributed by atoms with Crippen molar-refractivity contribution in [3.05, 3.63) is 35.0 Å². The van der Waals surface area contributed by atoms with Crippen LogP contribution in [0.4, 0.5) is 0 Å². The number of hydrazone groups is 1. The van der Waals surface area contributed by atoms with Gasteiger partial charge in [0.1, 0.15) is 0 Å². The molecule has 80 valence electrons. The number of nitrogens with zero attached hydrogens (tertiary/aromatic N) is 1. The standard InChI is InChI=1S/C11H10N4O/c12-11(16)6-1-2-7-8-4-13-14-5-10(8)15-9(7)3-6/h1-4,14-15H,5H2,(H2,12,16). The lowest BCUT2D eigenvalue weighted by Crippen LogP contribution is -2.12. The summed E-state index contributed by atoms with van der Waals surface area (Å²) in [6.45, 7) is 0.673. The van der Waals surface area contributed by atoms with Crippen LogP contribution in [0.2, 0.25) is 0 Å². The number of hydrogen-bond acceptors (Lipinski definition) is 3. The molecule has 1 aromatic carbocycles. The molecule has 3 rings (SSSR count). The smallest absolute Gasteiger partial charge is 0.248 e.